The SMILES string of the molecule is Cc1ccc(-c2cc(C)c3ccccc3n2)c(C)c1. The molecule has 0 bridgehead atoms. The van der Waals surface area contributed by atoms with Crippen molar-refractivity contribution in [1.82, 2.24) is 4.98 Å². The summed E-state index contributed by atoms with van der Waals surface area (Å²) in [6.45, 7) is 6.42. The average Bonchev–Trinajstić information content (AvgIpc) is 2.38. The first-order valence-corrected chi connectivity index (χ1v) is 6.59. The van der Waals surface area contributed by atoms with Crippen LogP contribution in [0.1, 0.15) is 16.7 Å². The van der Waals surface area contributed by atoms with Gasteiger partial charge in [-0.2, -0.15) is 0 Å². The summed E-state index contributed by atoms with van der Waals surface area (Å²) in [5.41, 5.74) is 7.20. The number of fused-ring (bicyclic) bond motifs is 1. The second kappa shape index (κ2) is 4.51. The van der Waals surface area contributed by atoms with E-state index in [1.165, 1.54) is 27.6 Å². The van der Waals surface area contributed by atoms with Gasteiger partial charge < -0.3 is 0 Å². The minimum Gasteiger partial charge on any atom is -0.248 e. The van der Waals surface area contributed by atoms with E-state index < -0.39 is 0 Å². The number of aromatic nitrogens is 1. The second-order valence-electron chi connectivity index (χ2n) is 5.16. The van der Waals surface area contributed by atoms with Crippen molar-refractivity contribution < 1.29 is 0 Å². The van der Waals surface area contributed by atoms with Gasteiger partial charge in [0.05, 0.1) is 11.2 Å². The van der Waals surface area contributed by atoms with Gasteiger partial charge in [0.1, 0.15) is 0 Å². The highest BCUT2D eigenvalue weighted by molar-refractivity contribution is 5.85. The van der Waals surface area contributed by atoms with Gasteiger partial charge in [-0.15, -0.1) is 0 Å². The fourth-order valence-electron chi connectivity index (χ4n) is 2.59. The molecule has 2 aromatic carbocycles. The first-order valence-electron chi connectivity index (χ1n) is 6.59. The topological polar surface area (TPSA) is 12.9 Å². The molecule has 0 fully saturated rings. The molecule has 19 heavy (non-hydrogen) atoms. The van der Waals surface area contributed by atoms with E-state index in [4.69, 9.17) is 4.98 Å². The van der Waals surface area contributed by atoms with E-state index in [1.54, 1.807) is 0 Å². The predicted octanol–water partition coefficient (Wildman–Crippen LogP) is 4.83. The summed E-state index contributed by atoms with van der Waals surface area (Å²) in [5.74, 6) is 0. The van der Waals surface area contributed by atoms with Gasteiger partial charge in [-0.1, -0.05) is 42.0 Å². The lowest BCUT2D eigenvalue weighted by atomic mass is 10.00. The summed E-state index contributed by atoms with van der Waals surface area (Å²) in [6, 6.07) is 17.0. The normalized spacial score (nSPS) is 10.9. The summed E-state index contributed by atoms with van der Waals surface area (Å²) in [5, 5.41) is 1.23. The van der Waals surface area contributed by atoms with Crippen LogP contribution in [-0.4, -0.2) is 4.98 Å². The lowest BCUT2D eigenvalue weighted by molar-refractivity contribution is 1.32. The van der Waals surface area contributed by atoms with Crippen LogP contribution in [-0.2, 0) is 0 Å². The van der Waals surface area contributed by atoms with Crippen LogP contribution >= 0.6 is 0 Å². The molecule has 1 heteroatoms. The van der Waals surface area contributed by atoms with E-state index in [9.17, 15) is 0 Å². The van der Waals surface area contributed by atoms with E-state index >= 15 is 0 Å². The number of hydrogen-bond acceptors (Lipinski definition) is 1. The van der Waals surface area contributed by atoms with E-state index in [2.05, 4.69) is 63.2 Å². The summed E-state index contributed by atoms with van der Waals surface area (Å²) in [6.07, 6.45) is 0. The molecule has 0 aliphatic rings. The molecule has 3 rings (SSSR count). The number of rotatable bonds is 1. The van der Waals surface area contributed by atoms with Gasteiger partial charge in [0, 0.05) is 10.9 Å². The smallest absolute Gasteiger partial charge is 0.0715 e. The zero-order valence-electron chi connectivity index (χ0n) is 11.6. The Morgan fingerprint density at radius 1 is 0.789 bits per heavy atom. The van der Waals surface area contributed by atoms with Crippen LogP contribution in [0.15, 0.2) is 48.5 Å². The highest BCUT2D eigenvalue weighted by Gasteiger charge is 2.07. The molecule has 0 N–H and O–H groups in total. The Morgan fingerprint density at radius 2 is 1.58 bits per heavy atom. The van der Waals surface area contributed by atoms with Gasteiger partial charge in [-0.25, -0.2) is 4.98 Å². The number of benzene rings is 2. The number of pyridine rings is 1. The molecule has 3 aromatic rings. The number of para-hydroxylation sites is 1. The summed E-state index contributed by atoms with van der Waals surface area (Å²) < 4.78 is 0. The van der Waals surface area contributed by atoms with Crippen LogP contribution in [0.4, 0.5) is 0 Å². The molecule has 0 atom stereocenters. The Bertz CT molecular complexity index is 757. The first-order chi connectivity index (χ1) is 9.15. The van der Waals surface area contributed by atoms with Crippen molar-refractivity contribution in [3.8, 4) is 11.3 Å². The molecule has 1 aromatic heterocycles. The van der Waals surface area contributed by atoms with Crippen LogP contribution in [0.5, 0.6) is 0 Å². The largest absolute Gasteiger partial charge is 0.248 e. The third-order valence-electron chi connectivity index (χ3n) is 3.58. The molecule has 0 aliphatic carbocycles. The van der Waals surface area contributed by atoms with Gasteiger partial charge >= 0.3 is 0 Å². The molecule has 0 unspecified atom stereocenters. The minimum atomic E-state index is 1.06. The van der Waals surface area contributed by atoms with Crippen molar-refractivity contribution in [2.45, 2.75) is 20.8 Å². The van der Waals surface area contributed by atoms with Gasteiger partial charge in [0.15, 0.2) is 0 Å². The Kier molecular flexibility index (Phi) is 2.83. The first kappa shape index (κ1) is 11.9. The van der Waals surface area contributed by atoms with Gasteiger partial charge in [-0.3, -0.25) is 0 Å². The van der Waals surface area contributed by atoms with Crippen molar-refractivity contribution >= 4 is 10.9 Å². The monoisotopic (exact) mass is 247 g/mol. The Morgan fingerprint density at radius 3 is 2.37 bits per heavy atom. The van der Waals surface area contributed by atoms with Crippen LogP contribution < -0.4 is 0 Å². The number of hydrogen-bond donors (Lipinski definition) is 0. The zero-order valence-corrected chi connectivity index (χ0v) is 11.6. The maximum Gasteiger partial charge on any atom is 0.0715 e. The summed E-state index contributed by atoms with van der Waals surface area (Å²) >= 11 is 0. The lowest BCUT2D eigenvalue weighted by Crippen LogP contribution is -1.91. The molecule has 0 aliphatic heterocycles. The van der Waals surface area contributed by atoms with E-state index in [0.717, 1.165) is 11.2 Å². The van der Waals surface area contributed by atoms with Crippen molar-refractivity contribution in [3.05, 3.63) is 65.2 Å². The predicted molar refractivity (Wildman–Crippen MR) is 81.4 cm³/mol. The fourth-order valence-corrected chi connectivity index (χ4v) is 2.59. The van der Waals surface area contributed by atoms with Gasteiger partial charge in [-0.05, 0) is 44.0 Å². The maximum atomic E-state index is 4.80. The highest BCUT2D eigenvalue weighted by Crippen LogP contribution is 2.27. The highest BCUT2D eigenvalue weighted by atomic mass is 14.7. The molecule has 0 amide bonds. The van der Waals surface area contributed by atoms with Crippen molar-refractivity contribution in [1.29, 1.82) is 0 Å². The lowest BCUT2D eigenvalue weighted by Gasteiger charge is -2.09. The Hall–Kier alpha value is -2.15. The molecule has 0 saturated carbocycles. The van der Waals surface area contributed by atoms with Crippen LogP contribution in [0.25, 0.3) is 22.2 Å². The quantitative estimate of drug-likeness (QED) is 0.600. The molecule has 94 valence electrons. The van der Waals surface area contributed by atoms with Crippen LogP contribution in [0, 0.1) is 20.8 Å². The van der Waals surface area contributed by atoms with E-state index in [-0.39, 0.29) is 0 Å². The Labute approximate surface area is 113 Å². The average molecular weight is 247 g/mol. The molecule has 0 radical (unpaired) electrons. The van der Waals surface area contributed by atoms with Gasteiger partial charge in [0.2, 0.25) is 0 Å². The van der Waals surface area contributed by atoms with E-state index in [1.807, 2.05) is 6.07 Å². The molecule has 0 spiro atoms. The van der Waals surface area contributed by atoms with Crippen molar-refractivity contribution in [2.75, 3.05) is 0 Å². The summed E-state index contributed by atoms with van der Waals surface area (Å²) in [4.78, 5) is 4.80. The van der Waals surface area contributed by atoms with Crippen LogP contribution in [0.3, 0.4) is 0 Å². The Balaban J connectivity index is 2.25. The fraction of sp³-hybridized carbons (Fsp3) is 0.167. The maximum absolute atomic E-state index is 4.80. The molecule has 1 nitrogen and oxygen atoms in total. The molecule has 1 heterocycles. The number of nitrogens with zero attached hydrogens (tertiary/aromatic N) is 1. The zero-order chi connectivity index (χ0) is 13.4. The summed E-state index contributed by atoms with van der Waals surface area (Å²) in [7, 11) is 0. The second-order valence-corrected chi connectivity index (χ2v) is 5.16. The third kappa shape index (κ3) is 2.12. The van der Waals surface area contributed by atoms with E-state index in [0.29, 0.717) is 0 Å². The number of aryl methyl sites for hydroxylation is 3. The standard InChI is InChI=1S/C18H17N/c1-12-8-9-16(13(2)10-12)18-11-14(3)15-6-4-5-7-17(15)19-18/h4-11H,1-3H3. The van der Waals surface area contributed by atoms with Crippen molar-refractivity contribution in [2.24, 2.45) is 0 Å². The third-order valence-corrected chi connectivity index (χ3v) is 3.58. The van der Waals surface area contributed by atoms with Gasteiger partial charge in [0.25, 0.3) is 0 Å². The minimum absolute atomic E-state index is 1.06. The molecular weight excluding hydrogens is 230 g/mol. The van der Waals surface area contributed by atoms with Crippen molar-refractivity contribution in [3.63, 3.8) is 0 Å². The molecular formula is C18H17N. The van der Waals surface area contributed by atoms with Crippen LogP contribution in [0.2, 0.25) is 0 Å². The molecule has 0 saturated heterocycles.